The number of aromatic amines is 1. The average Bonchev–Trinajstić information content (AvgIpc) is 2.66. The highest BCUT2D eigenvalue weighted by atomic mass is 19.1. The zero-order valence-electron chi connectivity index (χ0n) is 14.4. The summed E-state index contributed by atoms with van der Waals surface area (Å²) in [4.78, 5) is 14.6. The molecule has 0 saturated heterocycles. The number of nitrogens with zero attached hydrogens (tertiary/aromatic N) is 2. The second-order valence-corrected chi connectivity index (χ2v) is 5.92. The van der Waals surface area contributed by atoms with Gasteiger partial charge >= 0.3 is 0 Å². The number of halogens is 1. The molecule has 0 unspecified atom stereocenters. The summed E-state index contributed by atoms with van der Waals surface area (Å²) in [6.45, 7) is 1.72. The number of rotatable bonds is 4. The van der Waals surface area contributed by atoms with Crippen LogP contribution in [0.15, 0.2) is 53.3 Å². The zero-order chi connectivity index (χ0) is 19.4. The molecular formula is C21H14FN3O2. The maximum absolute atomic E-state index is 14.0. The second-order valence-electron chi connectivity index (χ2n) is 5.92. The van der Waals surface area contributed by atoms with Gasteiger partial charge in [-0.2, -0.15) is 10.5 Å². The molecule has 132 valence electrons. The summed E-state index contributed by atoms with van der Waals surface area (Å²) < 4.78 is 19.6. The van der Waals surface area contributed by atoms with Crippen LogP contribution in [0.2, 0.25) is 0 Å². The van der Waals surface area contributed by atoms with Crippen molar-refractivity contribution in [2.75, 3.05) is 0 Å². The predicted molar refractivity (Wildman–Crippen MR) is 97.4 cm³/mol. The summed E-state index contributed by atoms with van der Waals surface area (Å²) in [6, 6.07) is 16.6. The third-order valence-electron chi connectivity index (χ3n) is 4.00. The lowest BCUT2D eigenvalue weighted by Gasteiger charge is -2.10. The third-order valence-corrected chi connectivity index (χ3v) is 4.00. The van der Waals surface area contributed by atoms with Gasteiger partial charge < -0.3 is 9.72 Å². The molecule has 0 spiro atoms. The second kappa shape index (κ2) is 7.55. The van der Waals surface area contributed by atoms with Crippen LogP contribution in [0, 0.1) is 35.4 Å². The summed E-state index contributed by atoms with van der Waals surface area (Å²) in [5.74, 6) is -0.0414. The van der Waals surface area contributed by atoms with Gasteiger partial charge in [0.2, 0.25) is 0 Å². The van der Waals surface area contributed by atoms with E-state index in [4.69, 9.17) is 10.00 Å². The van der Waals surface area contributed by atoms with Crippen molar-refractivity contribution >= 4 is 0 Å². The van der Waals surface area contributed by atoms with Gasteiger partial charge in [-0.25, -0.2) is 4.39 Å². The van der Waals surface area contributed by atoms with Crippen LogP contribution in [0.5, 0.6) is 5.75 Å². The SMILES string of the molecule is Cc1cc(-c2cccc(OCc3ccc(C#N)cc3F)c2)c(C#N)c(=O)[nH]1. The smallest absolute Gasteiger partial charge is 0.266 e. The fraction of sp³-hybridized carbons (Fsp3) is 0.0952. The molecule has 0 fully saturated rings. The van der Waals surface area contributed by atoms with E-state index in [0.29, 0.717) is 28.1 Å². The Hall–Kier alpha value is -3.90. The van der Waals surface area contributed by atoms with Crippen molar-refractivity contribution < 1.29 is 9.13 Å². The molecule has 0 atom stereocenters. The molecule has 0 radical (unpaired) electrons. The van der Waals surface area contributed by atoms with E-state index in [1.165, 1.54) is 12.1 Å². The molecule has 27 heavy (non-hydrogen) atoms. The van der Waals surface area contributed by atoms with Crippen LogP contribution in [0.3, 0.4) is 0 Å². The average molecular weight is 359 g/mol. The molecule has 0 aliphatic heterocycles. The lowest BCUT2D eigenvalue weighted by molar-refractivity contribution is 0.300. The van der Waals surface area contributed by atoms with Crippen molar-refractivity contribution in [1.29, 1.82) is 10.5 Å². The number of aryl methyl sites for hydroxylation is 1. The summed E-state index contributed by atoms with van der Waals surface area (Å²) in [5, 5.41) is 18.1. The van der Waals surface area contributed by atoms with E-state index in [2.05, 4.69) is 4.98 Å². The monoisotopic (exact) mass is 359 g/mol. The molecule has 1 aromatic heterocycles. The fourth-order valence-corrected chi connectivity index (χ4v) is 2.68. The molecule has 0 aliphatic carbocycles. The van der Waals surface area contributed by atoms with Gasteiger partial charge in [-0.3, -0.25) is 4.79 Å². The number of benzene rings is 2. The minimum atomic E-state index is -0.512. The molecule has 0 bridgehead atoms. The van der Waals surface area contributed by atoms with Crippen molar-refractivity contribution in [1.82, 2.24) is 4.98 Å². The molecular weight excluding hydrogens is 345 g/mol. The predicted octanol–water partition coefficient (Wildman–Crippen LogP) is 3.81. The van der Waals surface area contributed by atoms with Gasteiger partial charge in [0.25, 0.3) is 5.56 Å². The number of aromatic nitrogens is 1. The van der Waals surface area contributed by atoms with Crippen molar-refractivity contribution in [3.8, 4) is 29.0 Å². The first-order chi connectivity index (χ1) is 13.0. The maximum atomic E-state index is 14.0. The highest BCUT2D eigenvalue weighted by Gasteiger charge is 2.11. The van der Waals surface area contributed by atoms with E-state index < -0.39 is 11.4 Å². The third kappa shape index (κ3) is 3.86. The molecule has 1 heterocycles. The molecule has 5 nitrogen and oxygen atoms in total. The van der Waals surface area contributed by atoms with Crippen LogP contribution in [0.1, 0.15) is 22.4 Å². The first-order valence-corrected chi connectivity index (χ1v) is 8.07. The van der Waals surface area contributed by atoms with E-state index >= 15 is 0 Å². The van der Waals surface area contributed by atoms with Crippen LogP contribution in [-0.2, 0) is 6.61 Å². The first kappa shape index (κ1) is 17.9. The number of H-pyrrole nitrogens is 1. The Balaban J connectivity index is 1.89. The molecule has 3 rings (SSSR count). The Morgan fingerprint density at radius 1 is 1.11 bits per heavy atom. The number of nitriles is 2. The van der Waals surface area contributed by atoms with Gasteiger partial charge in [-0.05, 0) is 42.8 Å². The Labute approximate surface area is 154 Å². The highest BCUT2D eigenvalue weighted by molar-refractivity contribution is 5.71. The van der Waals surface area contributed by atoms with Crippen LogP contribution in [-0.4, -0.2) is 4.98 Å². The van der Waals surface area contributed by atoms with Crippen LogP contribution < -0.4 is 10.3 Å². The highest BCUT2D eigenvalue weighted by Crippen LogP contribution is 2.26. The first-order valence-electron chi connectivity index (χ1n) is 8.07. The van der Waals surface area contributed by atoms with E-state index in [1.807, 2.05) is 12.1 Å². The van der Waals surface area contributed by atoms with E-state index in [9.17, 15) is 14.4 Å². The number of pyridine rings is 1. The molecule has 0 saturated carbocycles. The van der Waals surface area contributed by atoms with Gasteiger partial charge in [0.05, 0.1) is 11.6 Å². The lowest BCUT2D eigenvalue weighted by atomic mass is 10.0. The summed E-state index contributed by atoms with van der Waals surface area (Å²) >= 11 is 0. The van der Waals surface area contributed by atoms with Crippen molar-refractivity contribution in [2.45, 2.75) is 13.5 Å². The molecule has 3 aromatic rings. The van der Waals surface area contributed by atoms with E-state index in [1.54, 1.807) is 37.3 Å². The van der Waals surface area contributed by atoms with Gasteiger partial charge in [-0.1, -0.05) is 18.2 Å². The fourth-order valence-electron chi connectivity index (χ4n) is 2.68. The minimum Gasteiger partial charge on any atom is -0.489 e. The van der Waals surface area contributed by atoms with E-state index in [-0.39, 0.29) is 17.7 Å². The Bertz CT molecular complexity index is 1150. The number of hydrogen-bond acceptors (Lipinski definition) is 4. The quantitative estimate of drug-likeness (QED) is 0.767. The minimum absolute atomic E-state index is 0.0134. The van der Waals surface area contributed by atoms with Crippen LogP contribution in [0.25, 0.3) is 11.1 Å². The molecule has 1 N–H and O–H groups in total. The van der Waals surface area contributed by atoms with Crippen LogP contribution >= 0.6 is 0 Å². The normalized spacial score (nSPS) is 10.1. The molecule has 0 aliphatic rings. The number of hydrogen-bond donors (Lipinski definition) is 1. The summed E-state index contributed by atoms with van der Waals surface area (Å²) in [5.41, 5.74) is 1.94. The lowest BCUT2D eigenvalue weighted by Crippen LogP contribution is -2.12. The van der Waals surface area contributed by atoms with Crippen molar-refractivity contribution in [3.63, 3.8) is 0 Å². The van der Waals surface area contributed by atoms with Crippen molar-refractivity contribution in [3.05, 3.63) is 87.1 Å². The Morgan fingerprint density at radius 2 is 1.93 bits per heavy atom. The van der Waals surface area contributed by atoms with Crippen LogP contribution in [0.4, 0.5) is 4.39 Å². The standard InChI is InChI=1S/C21H14FN3O2/c1-13-7-18(19(11-24)21(26)25-13)15-3-2-4-17(9-15)27-12-16-6-5-14(10-23)8-20(16)22/h2-9H,12H2,1H3,(H,25,26). The maximum Gasteiger partial charge on any atom is 0.266 e. The van der Waals surface area contributed by atoms with E-state index in [0.717, 1.165) is 6.07 Å². The number of ether oxygens (including phenoxy) is 1. The zero-order valence-corrected chi connectivity index (χ0v) is 14.4. The largest absolute Gasteiger partial charge is 0.489 e. The van der Waals surface area contributed by atoms with Gasteiger partial charge in [0.1, 0.15) is 29.8 Å². The molecule has 0 amide bonds. The Morgan fingerprint density at radius 3 is 2.63 bits per heavy atom. The number of nitrogens with one attached hydrogen (secondary N) is 1. The topological polar surface area (TPSA) is 89.7 Å². The summed E-state index contributed by atoms with van der Waals surface area (Å²) in [7, 11) is 0. The molecule has 2 aromatic carbocycles. The molecule has 6 heteroatoms. The Kier molecular flexibility index (Phi) is 5.01. The van der Waals surface area contributed by atoms with Gasteiger partial charge in [0, 0.05) is 16.8 Å². The van der Waals surface area contributed by atoms with Gasteiger partial charge in [-0.15, -0.1) is 0 Å². The van der Waals surface area contributed by atoms with Crippen molar-refractivity contribution in [2.24, 2.45) is 0 Å². The summed E-state index contributed by atoms with van der Waals surface area (Å²) in [6.07, 6.45) is 0. The van der Waals surface area contributed by atoms with Gasteiger partial charge in [0.15, 0.2) is 0 Å².